The molecule has 1 N–H and O–H groups in total. The van der Waals surface area contributed by atoms with Gasteiger partial charge in [-0.15, -0.1) is 0 Å². The number of methoxy groups -OCH3 is 1. The molecule has 9 nitrogen and oxygen atoms in total. The zero-order valence-corrected chi connectivity index (χ0v) is 22.0. The summed E-state index contributed by atoms with van der Waals surface area (Å²) < 4.78 is 18.2. The Labute approximate surface area is 218 Å². The Bertz CT molecular complexity index is 1250. The molecule has 0 aliphatic carbocycles. The highest BCUT2D eigenvalue weighted by atomic mass is 79.9. The van der Waals surface area contributed by atoms with E-state index in [0.29, 0.717) is 39.5 Å². The fourth-order valence-corrected chi connectivity index (χ4v) is 3.95. The molecule has 3 aromatic carbocycles. The fourth-order valence-electron chi connectivity index (χ4n) is 3.02. The van der Waals surface area contributed by atoms with Crippen molar-refractivity contribution in [1.82, 2.24) is 5.43 Å². The molecule has 0 aliphatic heterocycles. The van der Waals surface area contributed by atoms with E-state index in [9.17, 15) is 14.9 Å². The summed E-state index contributed by atoms with van der Waals surface area (Å²) in [7, 11) is 1.49. The van der Waals surface area contributed by atoms with Crippen LogP contribution in [0.2, 0.25) is 0 Å². The van der Waals surface area contributed by atoms with E-state index in [-0.39, 0.29) is 12.3 Å². The molecule has 3 rings (SSSR count). The third kappa shape index (κ3) is 7.03. The first-order valence-electron chi connectivity index (χ1n) is 10.3. The number of carbonyl (C=O) groups excluding carboxylic acids is 1. The van der Waals surface area contributed by atoms with Crippen molar-refractivity contribution < 1.29 is 23.9 Å². The minimum absolute atomic E-state index is 0.0130. The number of hydrogen-bond acceptors (Lipinski definition) is 7. The van der Waals surface area contributed by atoms with E-state index in [0.717, 1.165) is 10.0 Å². The molecule has 0 atom stereocenters. The number of hydrogen-bond donors (Lipinski definition) is 1. The lowest BCUT2D eigenvalue weighted by atomic mass is 10.2. The predicted octanol–water partition coefficient (Wildman–Crippen LogP) is 5.87. The quantitative estimate of drug-likeness (QED) is 0.175. The summed E-state index contributed by atoms with van der Waals surface area (Å²) in [6, 6.07) is 14.7. The van der Waals surface area contributed by atoms with Gasteiger partial charge in [-0.25, -0.2) is 5.43 Å². The van der Waals surface area contributed by atoms with Gasteiger partial charge < -0.3 is 14.2 Å². The summed E-state index contributed by atoms with van der Waals surface area (Å²) in [6.07, 6.45) is 1.48. The topological polar surface area (TPSA) is 112 Å². The Hall–Kier alpha value is -3.44. The highest BCUT2D eigenvalue weighted by Crippen LogP contribution is 2.37. The second-order valence-electron chi connectivity index (χ2n) is 7.02. The van der Waals surface area contributed by atoms with E-state index in [1.807, 2.05) is 6.92 Å². The zero-order chi connectivity index (χ0) is 25.4. The van der Waals surface area contributed by atoms with Crippen molar-refractivity contribution in [2.75, 3.05) is 13.7 Å². The smallest absolute Gasteiger partial charge is 0.275 e. The van der Waals surface area contributed by atoms with Crippen molar-refractivity contribution in [3.8, 4) is 17.2 Å². The second-order valence-corrected chi connectivity index (χ2v) is 8.79. The van der Waals surface area contributed by atoms with Crippen LogP contribution in [0.25, 0.3) is 0 Å². The van der Waals surface area contributed by atoms with Crippen LogP contribution in [0.15, 0.2) is 68.6 Å². The first-order chi connectivity index (χ1) is 16.8. The van der Waals surface area contributed by atoms with E-state index in [1.165, 1.54) is 25.5 Å². The summed E-state index contributed by atoms with van der Waals surface area (Å²) in [5.41, 5.74) is 4.26. The largest absolute Gasteiger partial charge is 0.496 e. The van der Waals surface area contributed by atoms with Gasteiger partial charge in [-0.3, -0.25) is 14.9 Å². The number of non-ortho nitro benzene ring substituents is 1. The number of halogens is 2. The monoisotopic (exact) mass is 605 g/mol. The third-order valence-electron chi connectivity index (χ3n) is 4.65. The molecule has 0 aliphatic rings. The number of hydrazone groups is 1. The molecule has 35 heavy (non-hydrogen) atoms. The van der Waals surface area contributed by atoms with Crippen LogP contribution in [0.5, 0.6) is 17.2 Å². The van der Waals surface area contributed by atoms with E-state index in [2.05, 4.69) is 42.4 Å². The number of amides is 1. The number of carbonyl (C=O) groups is 1. The molecular formula is C24H21Br2N3O6. The maximum atomic E-state index is 12.5. The summed E-state index contributed by atoms with van der Waals surface area (Å²) in [4.78, 5) is 22.9. The summed E-state index contributed by atoms with van der Waals surface area (Å²) in [5, 5.41) is 14.9. The number of nitro groups is 1. The molecule has 0 fully saturated rings. The molecule has 11 heteroatoms. The number of nitrogens with zero attached hydrogens (tertiary/aromatic N) is 2. The molecule has 182 valence electrons. The maximum absolute atomic E-state index is 12.5. The Morgan fingerprint density at radius 2 is 1.83 bits per heavy atom. The number of rotatable bonds is 10. The van der Waals surface area contributed by atoms with Crippen LogP contribution in [0, 0.1) is 10.1 Å². The van der Waals surface area contributed by atoms with E-state index in [1.54, 1.807) is 42.5 Å². The highest BCUT2D eigenvalue weighted by molar-refractivity contribution is 9.10. The molecule has 0 radical (unpaired) electrons. The van der Waals surface area contributed by atoms with Crippen molar-refractivity contribution in [2.45, 2.75) is 13.5 Å². The van der Waals surface area contributed by atoms with E-state index in [4.69, 9.17) is 14.2 Å². The zero-order valence-electron chi connectivity index (χ0n) is 18.8. The summed E-state index contributed by atoms with van der Waals surface area (Å²) in [5.74, 6) is 0.957. The first kappa shape index (κ1) is 26.2. The van der Waals surface area contributed by atoms with Gasteiger partial charge in [0.2, 0.25) is 0 Å². The lowest BCUT2D eigenvalue weighted by molar-refractivity contribution is -0.384. The highest BCUT2D eigenvalue weighted by Gasteiger charge is 2.14. The summed E-state index contributed by atoms with van der Waals surface area (Å²) in [6.45, 7) is 2.44. The maximum Gasteiger partial charge on any atom is 0.275 e. The van der Waals surface area contributed by atoms with Crippen LogP contribution in [0.4, 0.5) is 5.69 Å². The van der Waals surface area contributed by atoms with Gasteiger partial charge in [-0.1, -0.05) is 15.9 Å². The molecule has 0 aromatic heterocycles. The van der Waals surface area contributed by atoms with Gasteiger partial charge in [0.05, 0.1) is 34.9 Å². The molecule has 3 aromatic rings. The first-order valence-corrected chi connectivity index (χ1v) is 11.9. The SMILES string of the molecule is CCOc1cc(/C=N\NC(=O)c2cc(Br)ccc2OC)cc(Br)c1OCc1ccc([N+](=O)[O-])cc1. The molecular weight excluding hydrogens is 586 g/mol. The van der Waals surface area contributed by atoms with Crippen LogP contribution in [0.3, 0.4) is 0 Å². The van der Waals surface area contributed by atoms with Crippen LogP contribution in [-0.4, -0.2) is 30.8 Å². The standard InChI is InChI=1S/C24H21Br2N3O6/c1-3-34-22-11-16(13-27-28-24(30)19-12-17(25)6-9-21(19)33-2)10-20(26)23(22)35-14-15-4-7-18(8-5-15)29(31)32/h4-13H,3,14H2,1-2H3,(H,28,30)/b27-13-. The average molecular weight is 607 g/mol. The van der Waals surface area contributed by atoms with Crippen LogP contribution in [0.1, 0.15) is 28.4 Å². The molecule has 0 saturated carbocycles. The van der Waals surface area contributed by atoms with Gasteiger partial charge in [-0.05, 0) is 76.4 Å². The second kappa shape index (κ2) is 12.3. The number of ether oxygens (including phenoxy) is 3. The fraction of sp³-hybridized carbons (Fsp3) is 0.167. The van der Waals surface area contributed by atoms with Crippen LogP contribution >= 0.6 is 31.9 Å². The van der Waals surface area contributed by atoms with Gasteiger partial charge in [0.15, 0.2) is 11.5 Å². The van der Waals surface area contributed by atoms with Crippen LogP contribution < -0.4 is 19.6 Å². The van der Waals surface area contributed by atoms with Crippen molar-refractivity contribution in [1.29, 1.82) is 0 Å². The average Bonchev–Trinajstić information content (AvgIpc) is 2.84. The summed E-state index contributed by atoms with van der Waals surface area (Å²) >= 11 is 6.83. The van der Waals surface area contributed by atoms with E-state index < -0.39 is 10.8 Å². The van der Waals surface area contributed by atoms with Crippen molar-refractivity contribution in [3.63, 3.8) is 0 Å². The Balaban J connectivity index is 1.73. The van der Waals surface area contributed by atoms with Crippen molar-refractivity contribution in [2.24, 2.45) is 5.10 Å². The van der Waals surface area contributed by atoms with Crippen molar-refractivity contribution >= 4 is 49.7 Å². The Morgan fingerprint density at radius 1 is 1.09 bits per heavy atom. The van der Waals surface area contributed by atoms with Crippen molar-refractivity contribution in [3.05, 3.63) is 90.3 Å². The molecule has 0 saturated heterocycles. The normalized spacial score (nSPS) is 10.7. The van der Waals surface area contributed by atoms with Crippen LogP contribution in [-0.2, 0) is 6.61 Å². The van der Waals surface area contributed by atoms with Gasteiger partial charge >= 0.3 is 0 Å². The van der Waals surface area contributed by atoms with Gasteiger partial charge in [-0.2, -0.15) is 5.10 Å². The predicted molar refractivity (Wildman–Crippen MR) is 138 cm³/mol. The number of nitro benzene ring substituents is 1. The Morgan fingerprint density at radius 3 is 2.49 bits per heavy atom. The molecule has 0 heterocycles. The van der Waals surface area contributed by atoms with Gasteiger partial charge in [0.1, 0.15) is 12.4 Å². The van der Waals surface area contributed by atoms with Gasteiger partial charge in [0, 0.05) is 16.6 Å². The lowest BCUT2D eigenvalue weighted by Crippen LogP contribution is -2.18. The minimum atomic E-state index is -0.452. The lowest BCUT2D eigenvalue weighted by Gasteiger charge is -2.14. The molecule has 0 spiro atoms. The Kier molecular flexibility index (Phi) is 9.21. The molecule has 1 amide bonds. The van der Waals surface area contributed by atoms with Gasteiger partial charge in [0.25, 0.3) is 11.6 Å². The molecule has 0 unspecified atom stereocenters. The van der Waals surface area contributed by atoms with E-state index >= 15 is 0 Å². The molecule has 0 bridgehead atoms. The minimum Gasteiger partial charge on any atom is -0.496 e. The number of benzene rings is 3. The number of nitrogens with one attached hydrogen (secondary N) is 1. The third-order valence-corrected chi connectivity index (χ3v) is 5.73.